The van der Waals surface area contributed by atoms with Gasteiger partial charge in [0.15, 0.2) is 0 Å². The lowest BCUT2D eigenvalue weighted by molar-refractivity contribution is 0.638. The van der Waals surface area contributed by atoms with Crippen molar-refractivity contribution in [1.82, 2.24) is 0 Å². The first kappa shape index (κ1) is 11.5. The number of nitrogens with two attached hydrogens (primary N) is 1. The largest absolute Gasteiger partial charge is 0.324 e. The van der Waals surface area contributed by atoms with E-state index in [-0.39, 0.29) is 6.04 Å². The molecule has 0 bridgehead atoms. The molecule has 1 nitrogen and oxygen atoms in total. The summed E-state index contributed by atoms with van der Waals surface area (Å²) in [4.78, 5) is 0. The SMILES string of the molecule is CCCC(N)c1ccc(CC)c(Cl)c1. The fourth-order valence-corrected chi connectivity index (χ4v) is 1.88. The predicted molar refractivity (Wildman–Crippen MR) is 62.7 cm³/mol. The highest BCUT2D eigenvalue weighted by Gasteiger charge is 2.06. The van der Waals surface area contributed by atoms with Crippen LogP contribution in [0.15, 0.2) is 18.2 Å². The van der Waals surface area contributed by atoms with Crippen molar-refractivity contribution in [1.29, 1.82) is 0 Å². The molecule has 14 heavy (non-hydrogen) atoms. The Bertz CT molecular complexity index is 296. The number of benzene rings is 1. The molecule has 1 aromatic carbocycles. The van der Waals surface area contributed by atoms with E-state index in [0.29, 0.717) is 0 Å². The Labute approximate surface area is 91.3 Å². The van der Waals surface area contributed by atoms with Crippen LogP contribution in [0.4, 0.5) is 0 Å². The van der Waals surface area contributed by atoms with Crippen LogP contribution in [0.1, 0.15) is 43.9 Å². The highest BCUT2D eigenvalue weighted by atomic mass is 35.5. The highest BCUT2D eigenvalue weighted by molar-refractivity contribution is 6.31. The third-order valence-electron chi connectivity index (χ3n) is 2.49. The molecule has 2 N–H and O–H groups in total. The number of rotatable bonds is 4. The minimum atomic E-state index is 0.128. The van der Waals surface area contributed by atoms with Gasteiger partial charge in [0, 0.05) is 11.1 Å². The summed E-state index contributed by atoms with van der Waals surface area (Å²) in [5.41, 5.74) is 8.35. The monoisotopic (exact) mass is 211 g/mol. The molecule has 0 radical (unpaired) electrons. The summed E-state index contributed by atoms with van der Waals surface area (Å²) >= 11 is 6.12. The Balaban J connectivity index is 2.85. The Kier molecular flexibility index (Phi) is 4.43. The number of hydrogen-bond acceptors (Lipinski definition) is 1. The van der Waals surface area contributed by atoms with Crippen molar-refractivity contribution in [3.05, 3.63) is 34.3 Å². The van der Waals surface area contributed by atoms with Crippen LogP contribution in [0, 0.1) is 0 Å². The van der Waals surface area contributed by atoms with E-state index in [4.69, 9.17) is 17.3 Å². The first-order chi connectivity index (χ1) is 6.69. The Morgan fingerprint density at radius 1 is 1.36 bits per heavy atom. The topological polar surface area (TPSA) is 26.0 Å². The second kappa shape index (κ2) is 5.38. The van der Waals surface area contributed by atoms with E-state index < -0.39 is 0 Å². The van der Waals surface area contributed by atoms with E-state index in [1.807, 2.05) is 6.07 Å². The summed E-state index contributed by atoms with van der Waals surface area (Å²) in [5.74, 6) is 0. The van der Waals surface area contributed by atoms with E-state index in [1.165, 1.54) is 5.56 Å². The number of aryl methyl sites for hydroxylation is 1. The van der Waals surface area contributed by atoms with Gasteiger partial charge in [-0.3, -0.25) is 0 Å². The maximum absolute atomic E-state index is 6.12. The summed E-state index contributed by atoms with van der Waals surface area (Å²) < 4.78 is 0. The van der Waals surface area contributed by atoms with Crippen LogP contribution in [0.2, 0.25) is 5.02 Å². The molecule has 2 heteroatoms. The van der Waals surface area contributed by atoms with E-state index >= 15 is 0 Å². The normalized spacial score (nSPS) is 12.9. The zero-order valence-corrected chi connectivity index (χ0v) is 9.64. The lowest BCUT2D eigenvalue weighted by atomic mass is 10.0. The Hall–Kier alpha value is -0.530. The van der Waals surface area contributed by atoms with Crippen molar-refractivity contribution in [2.45, 2.75) is 39.2 Å². The molecule has 0 aromatic heterocycles. The van der Waals surface area contributed by atoms with Crippen LogP contribution in [0.3, 0.4) is 0 Å². The zero-order valence-electron chi connectivity index (χ0n) is 8.89. The number of hydrogen-bond donors (Lipinski definition) is 1. The van der Waals surface area contributed by atoms with Gasteiger partial charge in [0.1, 0.15) is 0 Å². The lowest BCUT2D eigenvalue weighted by Crippen LogP contribution is -2.09. The van der Waals surface area contributed by atoms with E-state index in [2.05, 4.69) is 26.0 Å². The lowest BCUT2D eigenvalue weighted by Gasteiger charge is -2.12. The first-order valence-electron chi connectivity index (χ1n) is 5.23. The molecule has 0 saturated carbocycles. The summed E-state index contributed by atoms with van der Waals surface area (Å²) in [5, 5.41) is 0.844. The van der Waals surface area contributed by atoms with Crippen molar-refractivity contribution in [2.75, 3.05) is 0 Å². The molecule has 0 aliphatic heterocycles. The number of halogens is 1. The standard InChI is InChI=1S/C12H18ClN/c1-3-5-12(14)10-7-6-9(4-2)11(13)8-10/h6-8,12H,3-5,14H2,1-2H3. The van der Waals surface area contributed by atoms with Gasteiger partial charge in [0.2, 0.25) is 0 Å². The second-order valence-corrected chi connectivity index (χ2v) is 4.01. The zero-order chi connectivity index (χ0) is 10.6. The van der Waals surface area contributed by atoms with Crippen molar-refractivity contribution in [3.63, 3.8) is 0 Å². The van der Waals surface area contributed by atoms with Gasteiger partial charge in [-0.1, -0.05) is 44.0 Å². The maximum Gasteiger partial charge on any atom is 0.0441 e. The molecule has 0 spiro atoms. The smallest absolute Gasteiger partial charge is 0.0441 e. The van der Waals surface area contributed by atoms with E-state index in [0.717, 1.165) is 29.8 Å². The molecule has 1 aromatic rings. The minimum absolute atomic E-state index is 0.128. The predicted octanol–water partition coefficient (Wildman–Crippen LogP) is 3.70. The Morgan fingerprint density at radius 3 is 2.57 bits per heavy atom. The van der Waals surface area contributed by atoms with Crippen molar-refractivity contribution >= 4 is 11.6 Å². The molecule has 0 aliphatic carbocycles. The minimum Gasteiger partial charge on any atom is -0.324 e. The molecule has 0 amide bonds. The molecule has 0 heterocycles. The molecule has 0 saturated heterocycles. The van der Waals surface area contributed by atoms with Gasteiger partial charge < -0.3 is 5.73 Å². The molecular formula is C12H18ClN. The maximum atomic E-state index is 6.12. The van der Waals surface area contributed by atoms with E-state index in [1.54, 1.807) is 0 Å². The molecule has 1 unspecified atom stereocenters. The first-order valence-corrected chi connectivity index (χ1v) is 5.60. The van der Waals surface area contributed by atoms with Crippen LogP contribution in [-0.2, 0) is 6.42 Å². The quantitative estimate of drug-likeness (QED) is 0.808. The molecule has 0 fully saturated rings. The van der Waals surface area contributed by atoms with Gasteiger partial charge in [0.25, 0.3) is 0 Å². The second-order valence-electron chi connectivity index (χ2n) is 3.60. The average molecular weight is 212 g/mol. The molecular weight excluding hydrogens is 194 g/mol. The third-order valence-corrected chi connectivity index (χ3v) is 2.84. The van der Waals surface area contributed by atoms with Gasteiger partial charge in [-0.2, -0.15) is 0 Å². The summed E-state index contributed by atoms with van der Waals surface area (Å²) in [6.07, 6.45) is 3.10. The van der Waals surface area contributed by atoms with Crippen molar-refractivity contribution in [3.8, 4) is 0 Å². The fourth-order valence-electron chi connectivity index (χ4n) is 1.56. The van der Waals surface area contributed by atoms with Gasteiger partial charge >= 0.3 is 0 Å². The van der Waals surface area contributed by atoms with Crippen LogP contribution in [0.5, 0.6) is 0 Å². The molecule has 0 aliphatic rings. The van der Waals surface area contributed by atoms with Crippen LogP contribution < -0.4 is 5.73 Å². The van der Waals surface area contributed by atoms with Crippen molar-refractivity contribution < 1.29 is 0 Å². The summed E-state index contributed by atoms with van der Waals surface area (Å²) in [6.45, 7) is 4.24. The van der Waals surface area contributed by atoms with Gasteiger partial charge in [-0.15, -0.1) is 0 Å². The van der Waals surface area contributed by atoms with Gasteiger partial charge in [-0.05, 0) is 30.0 Å². The van der Waals surface area contributed by atoms with Crippen molar-refractivity contribution in [2.24, 2.45) is 5.73 Å². The summed E-state index contributed by atoms with van der Waals surface area (Å²) in [7, 11) is 0. The van der Waals surface area contributed by atoms with Crippen LogP contribution in [0.25, 0.3) is 0 Å². The molecule has 78 valence electrons. The molecule has 1 atom stereocenters. The fraction of sp³-hybridized carbons (Fsp3) is 0.500. The van der Waals surface area contributed by atoms with Crippen LogP contribution in [-0.4, -0.2) is 0 Å². The summed E-state index contributed by atoms with van der Waals surface area (Å²) in [6, 6.07) is 6.29. The Morgan fingerprint density at radius 2 is 2.07 bits per heavy atom. The highest BCUT2D eigenvalue weighted by Crippen LogP contribution is 2.23. The van der Waals surface area contributed by atoms with Gasteiger partial charge in [0.05, 0.1) is 0 Å². The average Bonchev–Trinajstić information content (AvgIpc) is 2.18. The van der Waals surface area contributed by atoms with E-state index in [9.17, 15) is 0 Å². The molecule has 1 rings (SSSR count). The van der Waals surface area contributed by atoms with Gasteiger partial charge in [-0.25, -0.2) is 0 Å². The third kappa shape index (κ3) is 2.73. The van der Waals surface area contributed by atoms with Crippen LogP contribution >= 0.6 is 11.6 Å².